The summed E-state index contributed by atoms with van der Waals surface area (Å²) < 4.78 is 43.1. The number of nitrogens with one attached hydrogen (secondary N) is 2. The Balaban J connectivity index is 2.10. The number of amides is 2. The van der Waals surface area contributed by atoms with E-state index in [-0.39, 0.29) is 23.0 Å². The zero-order chi connectivity index (χ0) is 23.8. The number of benzene rings is 1. The second-order valence-corrected chi connectivity index (χ2v) is 9.11. The first-order valence-electron chi connectivity index (χ1n) is 10.4. The summed E-state index contributed by atoms with van der Waals surface area (Å²) in [6.45, 7) is 7.06. The minimum Gasteiger partial charge on any atom is -0.357 e. The minimum absolute atomic E-state index is 0.0323. The fraction of sp³-hybridized carbons (Fsp3) is 0.500. The summed E-state index contributed by atoms with van der Waals surface area (Å²) in [7, 11) is 3.38. The Bertz CT molecular complexity index is 1020. The van der Waals surface area contributed by atoms with Crippen LogP contribution in [0.2, 0.25) is 0 Å². The molecule has 0 aliphatic carbocycles. The highest BCUT2D eigenvalue weighted by atomic mass is 19.2. The van der Waals surface area contributed by atoms with Crippen molar-refractivity contribution in [2.24, 2.45) is 5.41 Å². The molecule has 10 heteroatoms. The van der Waals surface area contributed by atoms with Crippen molar-refractivity contribution in [2.75, 3.05) is 20.6 Å². The molecule has 2 heterocycles. The Morgan fingerprint density at radius 2 is 1.75 bits per heavy atom. The van der Waals surface area contributed by atoms with Crippen LogP contribution in [0.3, 0.4) is 0 Å². The number of carbonyl (C=O) groups excluding carboxylic acids is 2. The van der Waals surface area contributed by atoms with E-state index >= 15 is 0 Å². The number of nitrogens with zero attached hydrogens (tertiary/aromatic N) is 3. The molecule has 0 saturated heterocycles. The third kappa shape index (κ3) is 4.64. The Morgan fingerprint density at radius 3 is 2.31 bits per heavy atom. The summed E-state index contributed by atoms with van der Waals surface area (Å²) in [6, 6.07) is 0.907. The Hall–Kier alpha value is -2.88. The van der Waals surface area contributed by atoms with Crippen molar-refractivity contribution in [3.8, 4) is 11.4 Å². The van der Waals surface area contributed by atoms with Crippen LogP contribution in [-0.4, -0.2) is 52.9 Å². The molecule has 1 aromatic heterocycles. The fourth-order valence-electron chi connectivity index (χ4n) is 3.83. The summed E-state index contributed by atoms with van der Waals surface area (Å²) in [5, 5.41) is 5.30. The van der Waals surface area contributed by atoms with Crippen molar-refractivity contribution >= 4 is 11.8 Å². The molecule has 1 unspecified atom stereocenters. The first-order chi connectivity index (χ1) is 14.9. The number of fused-ring (bicyclic) bond motifs is 1. The molecule has 0 spiro atoms. The van der Waals surface area contributed by atoms with Crippen LogP contribution in [0.4, 0.5) is 13.2 Å². The molecule has 7 nitrogen and oxygen atoms in total. The molecule has 2 N–H and O–H groups in total. The quantitative estimate of drug-likeness (QED) is 0.701. The second kappa shape index (κ2) is 8.93. The highest BCUT2D eigenvalue weighted by molar-refractivity contribution is 5.97. The van der Waals surface area contributed by atoms with E-state index < -0.39 is 34.8 Å². The third-order valence-electron chi connectivity index (χ3n) is 5.52. The fourth-order valence-corrected chi connectivity index (χ4v) is 3.83. The van der Waals surface area contributed by atoms with Crippen LogP contribution in [0.1, 0.15) is 43.4 Å². The van der Waals surface area contributed by atoms with E-state index in [0.717, 1.165) is 25.1 Å². The predicted molar refractivity (Wildman–Crippen MR) is 113 cm³/mol. The average Bonchev–Trinajstić information content (AvgIpc) is 2.95. The van der Waals surface area contributed by atoms with Crippen LogP contribution >= 0.6 is 0 Å². The van der Waals surface area contributed by atoms with E-state index in [1.54, 1.807) is 4.57 Å². The predicted octanol–water partition coefficient (Wildman–Crippen LogP) is 2.69. The van der Waals surface area contributed by atoms with Crippen LogP contribution in [-0.2, 0) is 17.9 Å². The molecule has 0 saturated carbocycles. The van der Waals surface area contributed by atoms with Crippen molar-refractivity contribution in [1.82, 2.24) is 25.1 Å². The molecule has 1 aliphatic heterocycles. The maximum atomic E-state index is 13.9. The maximum absolute atomic E-state index is 13.9. The van der Waals surface area contributed by atoms with Gasteiger partial charge in [0.1, 0.15) is 11.9 Å². The Morgan fingerprint density at radius 1 is 1.12 bits per heavy atom. The number of aromatic nitrogens is 2. The van der Waals surface area contributed by atoms with Crippen LogP contribution < -0.4 is 10.6 Å². The van der Waals surface area contributed by atoms with Crippen LogP contribution in [0, 0.1) is 22.9 Å². The molecule has 0 radical (unpaired) electrons. The van der Waals surface area contributed by atoms with Gasteiger partial charge in [0.2, 0.25) is 5.91 Å². The Kier molecular flexibility index (Phi) is 6.64. The molecule has 3 rings (SSSR count). The van der Waals surface area contributed by atoms with Gasteiger partial charge in [-0.1, -0.05) is 20.8 Å². The number of halogens is 3. The highest BCUT2D eigenvalue weighted by Crippen LogP contribution is 2.29. The number of carbonyl (C=O) groups is 2. The number of imidazole rings is 1. The zero-order valence-corrected chi connectivity index (χ0v) is 18.9. The summed E-state index contributed by atoms with van der Waals surface area (Å²) in [5.41, 5.74) is 0.0871. The lowest BCUT2D eigenvalue weighted by Gasteiger charge is -2.29. The van der Waals surface area contributed by atoms with Gasteiger partial charge < -0.3 is 20.1 Å². The van der Waals surface area contributed by atoms with Crippen LogP contribution in [0.25, 0.3) is 11.4 Å². The smallest absolute Gasteiger partial charge is 0.272 e. The molecule has 0 bridgehead atoms. The van der Waals surface area contributed by atoms with Crippen molar-refractivity contribution in [2.45, 2.75) is 46.3 Å². The van der Waals surface area contributed by atoms with E-state index in [0.29, 0.717) is 18.8 Å². The molecule has 1 atom stereocenters. The zero-order valence-electron chi connectivity index (χ0n) is 18.9. The van der Waals surface area contributed by atoms with Gasteiger partial charge in [0, 0.05) is 25.7 Å². The van der Waals surface area contributed by atoms with Gasteiger partial charge in [-0.05, 0) is 37.6 Å². The van der Waals surface area contributed by atoms with Gasteiger partial charge in [-0.2, -0.15) is 0 Å². The molecule has 1 aliphatic rings. The number of hydrogen-bond donors (Lipinski definition) is 2. The van der Waals surface area contributed by atoms with Crippen LogP contribution in [0.15, 0.2) is 12.1 Å². The normalized spacial score (nSPS) is 15.6. The monoisotopic (exact) mass is 451 g/mol. The van der Waals surface area contributed by atoms with E-state index in [4.69, 9.17) is 0 Å². The van der Waals surface area contributed by atoms with Gasteiger partial charge in [-0.25, -0.2) is 18.2 Å². The number of rotatable bonds is 4. The van der Waals surface area contributed by atoms with Gasteiger partial charge in [-0.15, -0.1) is 0 Å². The number of hydrogen-bond acceptors (Lipinski definition) is 4. The first-order valence-corrected chi connectivity index (χ1v) is 10.4. The lowest BCUT2D eigenvalue weighted by molar-refractivity contribution is -0.124. The molecule has 1 aromatic carbocycles. The van der Waals surface area contributed by atoms with Gasteiger partial charge in [0.15, 0.2) is 23.1 Å². The highest BCUT2D eigenvalue weighted by Gasteiger charge is 2.34. The van der Waals surface area contributed by atoms with Crippen molar-refractivity contribution in [1.29, 1.82) is 0 Å². The Labute approximate surface area is 185 Å². The summed E-state index contributed by atoms with van der Waals surface area (Å²) >= 11 is 0. The second-order valence-electron chi connectivity index (χ2n) is 9.11. The van der Waals surface area contributed by atoms with E-state index in [9.17, 15) is 22.8 Å². The van der Waals surface area contributed by atoms with E-state index in [1.165, 1.54) is 7.05 Å². The average molecular weight is 451 g/mol. The third-order valence-corrected chi connectivity index (χ3v) is 5.52. The summed E-state index contributed by atoms with van der Waals surface area (Å²) in [4.78, 5) is 32.0. The van der Waals surface area contributed by atoms with Crippen molar-refractivity contribution in [3.63, 3.8) is 0 Å². The van der Waals surface area contributed by atoms with Crippen molar-refractivity contribution < 1.29 is 22.8 Å². The van der Waals surface area contributed by atoms with E-state index in [2.05, 4.69) is 15.6 Å². The summed E-state index contributed by atoms with van der Waals surface area (Å²) in [6.07, 6.45) is 0.725. The maximum Gasteiger partial charge on any atom is 0.272 e. The van der Waals surface area contributed by atoms with Gasteiger partial charge in [-0.3, -0.25) is 9.59 Å². The molecule has 0 fully saturated rings. The van der Waals surface area contributed by atoms with Gasteiger partial charge in [0.25, 0.3) is 5.91 Å². The molecule has 174 valence electrons. The standard InChI is InChI=1S/C22H28F3N5O2/c1-22(2,3)18(21(32)26-4)28-20(31)17-15-11-29(5)7-6-8-30(15)19(27-17)12-9-13(23)16(25)14(24)10-12/h9-10,18H,6-8,11H2,1-5H3,(H,26,32)(H,28,31). The van der Waals surface area contributed by atoms with Gasteiger partial charge in [0.05, 0.1) is 5.69 Å². The molecule has 32 heavy (non-hydrogen) atoms. The molecule has 2 amide bonds. The first kappa shape index (κ1) is 23.8. The van der Waals surface area contributed by atoms with Gasteiger partial charge >= 0.3 is 0 Å². The molecular weight excluding hydrogens is 423 g/mol. The lowest BCUT2D eigenvalue weighted by atomic mass is 9.86. The topological polar surface area (TPSA) is 79.3 Å². The lowest BCUT2D eigenvalue weighted by Crippen LogP contribution is -2.53. The van der Waals surface area contributed by atoms with Crippen LogP contribution in [0.5, 0.6) is 0 Å². The van der Waals surface area contributed by atoms with E-state index in [1.807, 2.05) is 32.7 Å². The minimum atomic E-state index is -1.56. The SMILES string of the molecule is CNC(=O)C(NC(=O)c1nc(-c2cc(F)c(F)c(F)c2)n2c1CN(C)CCC2)C(C)(C)C. The summed E-state index contributed by atoms with van der Waals surface area (Å²) in [5.74, 6) is -4.97. The van der Waals surface area contributed by atoms with Crippen molar-refractivity contribution in [3.05, 3.63) is 41.0 Å². The molecule has 2 aromatic rings. The number of likely N-dealkylation sites (N-methyl/N-ethyl adjacent to an activating group) is 1. The molecular formula is C22H28F3N5O2. The largest absolute Gasteiger partial charge is 0.357 e.